The smallest absolute Gasteiger partial charge is 0.0450 e. The molecule has 3 aromatic carbocycles. The van der Waals surface area contributed by atoms with Gasteiger partial charge in [0.1, 0.15) is 0 Å². The molecule has 3 rings (SSSR count). The predicted octanol–water partition coefficient (Wildman–Crippen LogP) is 4.83. The summed E-state index contributed by atoms with van der Waals surface area (Å²) in [6.45, 7) is 1.75. The van der Waals surface area contributed by atoms with Crippen LogP contribution in [0.15, 0.2) is 66.7 Å². The van der Waals surface area contributed by atoms with Gasteiger partial charge in [0, 0.05) is 11.6 Å². The van der Waals surface area contributed by atoms with Crippen LogP contribution in [0.1, 0.15) is 11.1 Å². The standard InChI is InChI=1S/C19H18ClN/c20-19-11-4-2-7-17(19)14-21-13-12-16-9-5-8-15-6-1-3-10-18(15)16/h1-11,21H,12-14H2. The fourth-order valence-electron chi connectivity index (χ4n) is 2.60. The van der Waals surface area contributed by atoms with Gasteiger partial charge in [0.25, 0.3) is 0 Å². The lowest BCUT2D eigenvalue weighted by Gasteiger charge is -2.09. The molecule has 1 nitrogen and oxygen atoms in total. The Hall–Kier alpha value is -1.83. The Kier molecular flexibility index (Phi) is 4.54. The predicted molar refractivity (Wildman–Crippen MR) is 90.8 cm³/mol. The van der Waals surface area contributed by atoms with E-state index >= 15 is 0 Å². The van der Waals surface area contributed by atoms with Crippen molar-refractivity contribution in [2.75, 3.05) is 6.54 Å². The van der Waals surface area contributed by atoms with Gasteiger partial charge < -0.3 is 5.32 Å². The quantitative estimate of drug-likeness (QED) is 0.665. The molecule has 0 spiro atoms. The SMILES string of the molecule is Clc1ccccc1CNCCc1cccc2ccccc12. The topological polar surface area (TPSA) is 12.0 Å². The Morgan fingerprint density at radius 2 is 1.48 bits per heavy atom. The first kappa shape index (κ1) is 14.1. The van der Waals surface area contributed by atoms with Gasteiger partial charge in [0.15, 0.2) is 0 Å². The zero-order chi connectivity index (χ0) is 14.5. The molecule has 0 aromatic heterocycles. The molecule has 0 atom stereocenters. The van der Waals surface area contributed by atoms with Gasteiger partial charge >= 0.3 is 0 Å². The van der Waals surface area contributed by atoms with Gasteiger partial charge in [0.05, 0.1) is 0 Å². The number of halogens is 1. The van der Waals surface area contributed by atoms with Gasteiger partial charge in [-0.2, -0.15) is 0 Å². The summed E-state index contributed by atoms with van der Waals surface area (Å²) in [5.41, 5.74) is 2.54. The van der Waals surface area contributed by atoms with E-state index in [1.165, 1.54) is 16.3 Å². The molecule has 106 valence electrons. The largest absolute Gasteiger partial charge is 0.312 e. The summed E-state index contributed by atoms with van der Waals surface area (Å²) >= 11 is 6.16. The molecule has 3 aromatic rings. The molecule has 0 saturated carbocycles. The van der Waals surface area contributed by atoms with E-state index in [0.717, 1.165) is 30.1 Å². The minimum Gasteiger partial charge on any atom is -0.312 e. The van der Waals surface area contributed by atoms with E-state index in [1.807, 2.05) is 18.2 Å². The molecule has 0 saturated heterocycles. The Balaban J connectivity index is 1.61. The van der Waals surface area contributed by atoms with Crippen LogP contribution in [0, 0.1) is 0 Å². The summed E-state index contributed by atoms with van der Waals surface area (Å²) in [5, 5.41) is 6.95. The Labute approximate surface area is 130 Å². The lowest BCUT2D eigenvalue weighted by atomic mass is 10.0. The summed E-state index contributed by atoms with van der Waals surface area (Å²) in [6.07, 6.45) is 1.02. The third-order valence-corrected chi connectivity index (χ3v) is 4.09. The van der Waals surface area contributed by atoms with E-state index in [-0.39, 0.29) is 0 Å². The number of fused-ring (bicyclic) bond motifs is 1. The Morgan fingerprint density at radius 3 is 2.38 bits per heavy atom. The van der Waals surface area contributed by atoms with Crippen LogP contribution in [-0.4, -0.2) is 6.54 Å². The zero-order valence-electron chi connectivity index (χ0n) is 11.9. The molecule has 0 bridgehead atoms. The fraction of sp³-hybridized carbons (Fsp3) is 0.158. The maximum Gasteiger partial charge on any atom is 0.0450 e. The summed E-state index contributed by atoms with van der Waals surface area (Å²) in [6, 6.07) is 23.0. The average molecular weight is 296 g/mol. The molecular weight excluding hydrogens is 278 g/mol. The van der Waals surface area contributed by atoms with Crippen molar-refractivity contribution in [1.82, 2.24) is 5.32 Å². The first-order valence-electron chi connectivity index (χ1n) is 7.25. The van der Waals surface area contributed by atoms with E-state index in [1.54, 1.807) is 0 Å². The van der Waals surface area contributed by atoms with Crippen LogP contribution in [0.5, 0.6) is 0 Å². The number of hydrogen-bond donors (Lipinski definition) is 1. The molecule has 0 aliphatic carbocycles. The molecule has 0 unspecified atom stereocenters. The Morgan fingerprint density at radius 1 is 0.762 bits per heavy atom. The molecule has 21 heavy (non-hydrogen) atoms. The van der Waals surface area contributed by atoms with Crippen molar-refractivity contribution in [3.63, 3.8) is 0 Å². The highest BCUT2D eigenvalue weighted by Crippen LogP contribution is 2.19. The van der Waals surface area contributed by atoms with Crippen molar-refractivity contribution in [3.05, 3.63) is 82.9 Å². The van der Waals surface area contributed by atoms with Gasteiger partial charge in [-0.05, 0) is 40.9 Å². The lowest BCUT2D eigenvalue weighted by Crippen LogP contribution is -2.17. The minimum absolute atomic E-state index is 0.810. The summed E-state index contributed by atoms with van der Waals surface area (Å²) in [7, 11) is 0. The van der Waals surface area contributed by atoms with Gasteiger partial charge in [-0.1, -0.05) is 72.3 Å². The third kappa shape index (κ3) is 3.44. The van der Waals surface area contributed by atoms with Crippen molar-refractivity contribution >= 4 is 22.4 Å². The fourth-order valence-corrected chi connectivity index (χ4v) is 2.80. The molecule has 1 N–H and O–H groups in total. The van der Waals surface area contributed by atoms with E-state index in [4.69, 9.17) is 11.6 Å². The normalized spacial score (nSPS) is 10.9. The van der Waals surface area contributed by atoms with Crippen molar-refractivity contribution in [1.29, 1.82) is 0 Å². The second-order valence-corrected chi connectivity index (χ2v) is 5.56. The van der Waals surface area contributed by atoms with Crippen LogP contribution in [-0.2, 0) is 13.0 Å². The first-order chi connectivity index (χ1) is 10.3. The molecular formula is C19H18ClN. The monoisotopic (exact) mass is 295 g/mol. The van der Waals surface area contributed by atoms with E-state index in [0.29, 0.717) is 0 Å². The van der Waals surface area contributed by atoms with Crippen molar-refractivity contribution < 1.29 is 0 Å². The summed E-state index contributed by atoms with van der Waals surface area (Å²) in [5.74, 6) is 0. The van der Waals surface area contributed by atoms with E-state index < -0.39 is 0 Å². The highest BCUT2D eigenvalue weighted by molar-refractivity contribution is 6.31. The van der Waals surface area contributed by atoms with Gasteiger partial charge in [-0.25, -0.2) is 0 Å². The van der Waals surface area contributed by atoms with Crippen molar-refractivity contribution in [2.45, 2.75) is 13.0 Å². The average Bonchev–Trinajstić information content (AvgIpc) is 2.53. The van der Waals surface area contributed by atoms with Crippen LogP contribution in [0.25, 0.3) is 10.8 Å². The number of rotatable bonds is 5. The molecule has 2 heteroatoms. The maximum absolute atomic E-state index is 6.16. The Bertz CT molecular complexity index is 731. The van der Waals surface area contributed by atoms with E-state index in [2.05, 4.69) is 53.8 Å². The molecule has 0 fully saturated rings. The van der Waals surface area contributed by atoms with Gasteiger partial charge in [0.2, 0.25) is 0 Å². The van der Waals surface area contributed by atoms with E-state index in [9.17, 15) is 0 Å². The maximum atomic E-state index is 6.16. The van der Waals surface area contributed by atoms with Crippen LogP contribution in [0.4, 0.5) is 0 Å². The lowest BCUT2D eigenvalue weighted by molar-refractivity contribution is 0.688. The highest BCUT2D eigenvalue weighted by atomic mass is 35.5. The van der Waals surface area contributed by atoms with Crippen LogP contribution >= 0.6 is 11.6 Å². The molecule has 0 aliphatic rings. The summed E-state index contributed by atoms with van der Waals surface area (Å²) < 4.78 is 0. The molecule has 0 amide bonds. The van der Waals surface area contributed by atoms with Crippen LogP contribution < -0.4 is 5.32 Å². The minimum atomic E-state index is 0.810. The zero-order valence-corrected chi connectivity index (χ0v) is 12.6. The van der Waals surface area contributed by atoms with Crippen LogP contribution in [0.2, 0.25) is 5.02 Å². The first-order valence-corrected chi connectivity index (χ1v) is 7.63. The number of nitrogens with one attached hydrogen (secondary N) is 1. The summed E-state index contributed by atoms with van der Waals surface area (Å²) in [4.78, 5) is 0. The van der Waals surface area contributed by atoms with Crippen LogP contribution in [0.3, 0.4) is 0 Å². The second kappa shape index (κ2) is 6.75. The van der Waals surface area contributed by atoms with Gasteiger partial charge in [-0.15, -0.1) is 0 Å². The molecule has 0 heterocycles. The highest BCUT2D eigenvalue weighted by Gasteiger charge is 2.01. The third-order valence-electron chi connectivity index (χ3n) is 3.72. The van der Waals surface area contributed by atoms with Crippen molar-refractivity contribution in [2.24, 2.45) is 0 Å². The second-order valence-electron chi connectivity index (χ2n) is 5.16. The molecule has 0 radical (unpaired) electrons. The number of benzene rings is 3. The number of hydrogen-bond acceptors (Lipinski definition) is 1. The molecule has 0 aliphatic heterocycles. The van der Waals surface area contributed by atoms with Gasteiger partial charge in [-0.3, -0.25) is 0 Å². The van der Waals surface area contributed by atoms with Crippen molar-refractivity contribution in [3.8, 4) is 0 Å².